The monoisotopic (exact) mass is 663 g/mol. The van der Waals surface area contributed by atoms with Crippen molar-refractivity contribution in [3.8, 4) is 0 Å². The molecule has 1 heterocycles. The highest BCUT2D eigenvalue weighted by molar-refractivity contribution is 14.1. The summed E-state index contributed by atoms with van der Waals surface area (Å²) in [6, 6.07) is 6.78. The molecule has 2 aromatic rings. The summed E-state index contributed by atoms with van der Waals surface area (Å²) in [7, 11) is 0. The first-order valence-corrected chi connectivity index (χ1v) is 9.59. The summed E-state index contributed by atoms with van der Waals surface area (Å²) in [5, 5.41) is 0.373. The van der Waals surface area contributed by atoms with Gasteiger partial charge in [-0.25, -0.2) is 9.18 Å². The topological polar surface area (TPSA) is 63.7 Å². The number of hydroxylamine groups is 2. The Bertz CT molecular complexity index is 916. The van der Waals surface area contributed by atoms with E-state index in [0.717, 1.165) is 15.7 Å². The smallest absolute Gasteiger partial charge is 0.324 e. The van der Waals surface area contributed by atoms with E-state index in [0.29, 0.717) is 12.2 Å². The third kappa shape index (κ3) is 3.05. The van der Waals surface area contributed by atoms with Gasteiger partial charge in [0.05, 0.1) is 16.7 Å². The number of hydrogen-bond donors (Lipinski definition) is 0. The van der Waals surface area contributed by atoms with Gasteiger partial charge in [-0.1, -0.05) is 5.06 Å². The Labute approximate surface area is 176 Å². The maximum Gasteiger partial charge on any atom is 0.366 e. The normalized spacial score (nSPS) is 13.2. The van der Waals surface area contributed by atoms with Crippen LogP contribution in [0.4, 0.5) is 4.39 Å². The number of carbonyl (C=O) groups excluding carboxylic acids is 3. The Morgan fingerprint density at radius 3 is 2.29 bits per heavy atom. The molecule has 0 aliphatic carbocycles. The predicted molar refractivity (Wildman–Crippen MR) is 107 cm³/mol. The van der Waals surface area contributed by atoms with Gasteiger partial charge < -0.3 is 4.84 Å². The van der Waals surface area contributed by atoms with Crippen molar-refractivity contribution in [1.82, 2.24) is 5.06 Å². The fourth-order valence-corrected chi connectivity index (χ4v) is 4.44. The first-order chi connectivity index (χ1) is 11.3. The molecule has 0 atom stereocenters. The molecule has 24 heavy (non-hydrogen) atoms. The van der Waals surface area contributed by atoms with E-state index in [1.54, 1.807) is 6.07 Å². The molecule has 2 amide bonds. The van der Waals surface area contributed by atoms with Crippen LogP contribution in [-0.2, 0) is 4.84 Å². The molecule has 0 radical (unpaired) electrons. The van der Waals surface area contributed by atoms with Crippen molar-refractivity contribution >= 4 is 85.6 Å². The summed E-state index contributed by atoms with van der Waals surface area (Å²) in [4.78, 5) is 41.9. The molecule has 0 unspecified atom stereocenters. The van der Waals surface area contributed by atoms with Crippen LogP contribution in [0.25, 0.3) is 0 Å². The van der Waals surface area contributed by atoms with E-state index in [2.05, 4.69) is 22.6 Å². The van der Waals surface area contributed by atoms with Gasteiger partial charge in [-0.15, -0.1) is 0 Å². The second kappa shape index (κ2) is 6.82. The lowest BCUT2D eigenvalue weighted by Gasteiger charge is -2.14. The van der Waals surface area contributed by atoms with Gasteiger partial charge in [0, 0.05) is 10.7 Å². The van der Waals surface area contributed by atoms with Crippen LogP contribution in [0.3, 0.4) is 0 Å². The van der Waals surface area contributed by atoms with Crippen molar-refractivity contribution in [3.63, 3.8) is 0 Å². The minimum atomic E-state index is -0.863. The third-order valence-electron chi connectivity index (χ3n) is 3.23. The van der Waals surface area contributed by atoms with Gasteiger partial charge in [-0.05, 0) is 98.1 Å². The molecule has 0 spiro atoms. The third-order valence-corrected chi connectivity index (χ3v) is 7.18. The highest BCUT2D eigenvalue weighted by Crippen LogP contribution is 2.28. The fourth-order valence-electron chi connectivity index (χ4n) is 2.12. The number of benzene rings is 2. The molecule has 0 bridgehead atoms. The van der Waals surface area contributed by atoms with Crippen molar-refractivity contribution in [2.45, 2.75) is 0 Å². The zero-order valence-electron chi connectivity index (χ0n) is 11.5. The van der Waals surface area contributed by atoms with Gasteiger partial charge in [-0.2, -0.15) is 0 Å². The van der Waals surface area contributed by atoms with E-state index in [1.165, 1.54) is 6.07 Å². The number of imide groups is 1. The summed E-state index contributed by atoms with van der Waals surface area (Å²) in [5.74, 6) is -3.13. The highest BCUT2D eigenvalue weighted by Gasteiger charge is 2.39. The molecule has 122 valence electrons. The molecule has 0 N–H and O–H groups in total. The molecule has 9 heteroatoms. The van der Waals surface area contributed by atoms with Crippen molar-refractivity contribution in [3.05, 3.63) is 63.5 Å². The van der Waals surface area contributed by atoms with Crippen LogP contribution >= 0.6 is 67.8 Å². The molecule has 3 rings (SSSR count). The minimum absolute atomic E-state index is 0.00114. The average Bonchev–Trinajstić information content (AvgIpc) is 2.76. The molecule has 0 fully saturated rings. The van der Waals surface area contributed by atoms with Gasteiger partial charge in [-0.3, -0.25) is 9.59 Å². The number of hydrogen-bond acceptors (Lipinski definition) is 4. The highest BCUT2D eigenvalue weighted by atomic mass is 127. The Kier molecular flexibility index (Phi) is 5.11. The lowest BCUT2D eigenvalue weighted by atomic mass is 10.1. The molecule has 0 saturated heterocycles. The summed E-state index contributed by atoms with van der Waals surface area (Å²) in [5.41, 5.74) is 0.145. The molecular formula is C15H5FI3NO4. The Morgan fingerprint density at radius 1 is 0.958 bits per heavy atom. The van der Waals surface area contributed by atoms with E-state index < -0.39 is 23.6 Å². The maximum atomic E-state index is 13.3. The molecule has 0 aromatic heterocycles. The number of fused-ring (bicyclic) bond motifs is 1. The van der Waals surface area contributed by atoms with Crippen molar-refractivity contribution in [2.75, 3.05) is 0 Å². The van der Waals surface area contributed by atoms with Crippen molar-refractivity contribution in [2.24, 2.45) is 0 Å². The molecule has 1 aliphatic heterocycles. The van der Waals surface area contributed by atoms with Crippen LogP contribution in [0.15, 0.2) is 30.3 Å². The van der Waals surface area contributed by atoms with E-state index in [1.807, 2.05) is 51.2 Å². The lowest BCUT2D eigenvalue weighted by molar-refractivity contribution is -0.0586. The van der Waals surface area contributed by atoms with Crippen LogP contribution in [0.5, 0.6) is 0 Å². The Morgan fingerprint density at radius 2 is 1.58 bits per heavy atom. The van der Waals surface area contributed by atoms with Crippen molar-refractivity contribution < 1.29 is 23.6 Å². The molecule has 1 aliphatic rings. The average molecular weight is 663 g/mol. The van der Waals surface area contributed by atoms with E-state index in [9.17, 15) is 18.8 Å². The molecule has 0 saturated carbocycles. The Hall–Kier alpha value is -0.830. The maximum absolute atomic E-state index is 13.3. The first-order valence-electron chi connectivity index (χ1n) is 6.35. The van der Waals surface area contributed by atoms with Gasteiger partial charge >= 0.3 is 5.97 Å². The first kappa shape index (κ1) is 18.0. The quantitative estimate of drug-likeness (QED) is 0.277. The number of halogens is 4. The van der Waals surface area contributed by atoms with Crippen LogP contribution in [-0.4, -0.2) is 22.8 Å². The van der Waals surface area contributed by atoms with E-state index >= 15 is 0 Å². The lowest BCUT2D eigenvalue weighted by Crippen LogP contribution is -2.33. The summed E-state index contributed by atoms with van der Waals surface area (Å²) < 4.78 is 15.4. The largest absolute Gasteiger partial charge is 0.366 e. The number of rotatable bonds is 2. The van der Waals surface area contributed by atoms with Crippen LogP contribution in [0, 0.1) is 16.5 Å². The summed E-state index contributed by atoms with van der Waals surface area (Å²) in [6.45, 7) is 0. The van der Waals surface area contributed by atoms with Crippen LogP contribution in [0.1, 0.15) is 31.1 Å². The number of carbonyl (C=O) groups is 3. The summed E-state index contributed by atoms with van der Waals surface area (Å²) in [6.07, 6.45) is 0. The zero-order valence-corrected chi connectivity index (χ0v) is 18.0. The van der Waals surface area contributed by atoms with Gasteiger partial charge in [0.25, 0.3) is 11.8 Å². The molecular weight excluding hydrogens is 658 g/mol. The second-order valence-electron chi connectivity index (χ2n) is 4.69. The Balaban J connectivity index is 1.93. The zero-order chi connectivity index (χ0) is 17.6. The minimum Gasteiger partial charge on any atom is -0.324 e. The van der Waals surface area contributed by atoms with Crippen LogP contribution < -0.4 is 0 Å². The second-order valence-corrected chi connectivity index (χ2v) is 8.09. The van der Waals surface area contributed by atoms with Gasteiger partial charge in [0.1, 0.15) is 5.82 Å². The van der Waals surface area contributed by atoms with E-state index in [4.69, 9.17) is 4.84 Å². The predicted octanol–water partition coefficient (Wildman–Crippen LogP) is 4.01. The standard InChI is InChI=1S/C15H5FI3NO4/c16-6-1-2-7-8(5-6)14(22)20(13(7)21)24-15(23)11-9(17)3-4-10(18)12(11)19/h1-5H. The SMILES string of the molecule is O=C(ON1C(=O)c2ccc(F)cc2C1=O)c1c(I)ccc(I)c1I. The molecule has 2 aromatic carbocycles. The van der Waals surface area contributed by atoms with Gasteiger partial charge in [0.15, 0.2) is 0 Å². The van der Waals surface area contributed by atoms with E-state index in [-0.39, 0.29) is 16.7 Å². The molecule has 5 nitrogen and oxygen atoms in total. The summed E-state index contributed by atoms with van der Waals surface area (Å²) >= 11 is 6.04. The fraction of sp³-hybridized carbons (Fsp3) is 0. The van der Waals surface area contributed by atoms with Crippen molar-refractivity contribution in [1.29, 1.82) is 0 Å². The number of amides is 2. The van der Waals surface area contributed by atoms with Gasteiger partial charge in [0.2, 0.25) is 0 Å². The number of nitrogens with zero attached hydrogens (tertiary/aromatic N) is 1. The van der Waals surface area contributed by atoms with Crippen LogP contribution in [0.2, 0.25) is 0 Å².